The quantitative estimate of drug-likeness (QED) is 0.464. The van der Waals surface area contributed by atoms with Gasteiger partial charge in [-0.3, -0.25) is 0 Å². The number of rotatable bonds is 1. The molecule has 0 aliphatic carbocycles. The van der Waals surface area contributed by atoms with Crippen LogP contribution in [-0.4, -0.2) is 6.61 Å². The zero-order valence-electron chi connectivity index (χ0n) is 2.12. The normalized spacial score (nSPS) is 9.60. The lowest BCUT2D eigenvalue weighted by Gasteiger charge is -1.78. The van der Waals surface area contributed by atoms with Crippen molar-refractivity contribution in [1.29, 1.82) is 0 Å². The Morgan fingerprint density at radius 2 is 1.60 bits per heavy atom. The molecule has 0 aromatic carbocycles. The highest BCUT2D eigenvalue weighted by atomic mass is 19.4. The van der Waals surface area contributed by atoms with E-state index in [9.17, 15) is 13.3 Å². The van der Waals surface area contributed by atoms with Crippen LogP contribution in [0.1, 0.15) is 0 Å². The Labute approximate surface area is 26.2 Å². The van der Waals surface area contributed by atoms with Gasteiger partial charge in [-0.05, 0) is 4.53 Å². The Morgan fingerprint density at radius 3 is 1.60 bits per heavy atom. The number of alkyl halides is 2. The van der Waals surface area contributed by atoms with Crippen molar-refractivity contribution in [3.63, 3.8) is 0 Å². The van der Waals surface area contributed by atoms with Gasteiger partial charge in [-0.1, -0.05) is 0 Å². The molecule has 4 heteroatoms. The van der Waals surface area contributed by atoms with Crippen molar-refractivity contribution in [2.24, 2.45) is 0 Å². The van der Waals surface area contributed by atoms with Crippen LogP contribution in [0.25, 0.3) is 0 Å². The monoisotopic (exact) mass is 86.0 g/mol. The van der Waals surface area contributed by atoms with Gasteiger partial charge in [0.2, 0.25) is 0 Å². The van der Waals surface area contributed by atoms with Gasteiger partial charge in [-0.25, -0.2) is 0 Å². The van der Waals surface area contributed by atoms with Crippen LogP contribution in [0.15, 0.2) is 0 Å². The molecule has 0 heterocycles. The first-order valence-electron chi connectivity index (χ1n) is 0.826. The minimum absolute atomic E-state index is 1.92. The third-order valence-corrected chi connectivity index (χ3v) is 0.0673. The van der Waals surface area contributed by atoms with Gasteiger partial charge in [0.1, 0.15) is 0 Å². The van der Waals surface area contributed by atoms with Gasteiger partial charge in [0, 0.05) is 0 Å². The zero-order valence-corrected chi connectivity index (χ0v) is 2.12. The van der Waals surface area contributed by atoms with Crippen LogP contribution in [0.3, 0.4) is 0 Å². The van der Waals surface area contributed by atoms with E-state index in [0.29, 0.717) is 0 Å². The van der Waals surface area contributed by atoms with E-state index in [4.69, 9.17) is 0 Å². The highest BCUT2D eigenvalue weighted by Gasteiger charge is 1.95. The smallest absolute Gasteiger partial charge is 0.176 e. The number of hydrogen-bond acceptors (Lipinski definition) is 1. The molecule has 1 nitrogen and oxygen atoms in total. The molecule has 0 fully saturated rings. The summed E-state index contributed by atoms with van der Waals surface area (Å²) < 4.78 is 30.2. The van der Waals surface area contributed by atoms with Crippen LogP contribution >= 0.6 is 0 Å². The summed E-state index contributed by atoms with van der Waals surface area (Å²) in [7, 11) is 0. The van der Waals surface area contributed by atoms with E-state index in [1.54, 1.807) is 0 Å². The first-order valence-corrected chi connectivity index (χ1v) is 0.826. The average Bonchev–Trinajstić information content (AvgIpc) is 1.38. The largest absolute Gasteiger partial charge is 0.376 e. The summed E-state index contributed by atoms with van der Waals surface area (Å²) in [5.41, 5.74) is 0. The van der Waals surface area contributed by atoms with E-state index < -0.39 is 6.61 Å². The summed E-state index contributed by atoms with van der Waals surface area (Å²) in [5, 5.41) is 0. The molecular weight excluding hydrogens is 85.0 g/mol. The van der Waals surface area contributed by atoms with Crippen molar-refractivity contribution in [2.45, 2.75) is 6.61 Å². The van der Waals surface area contributed by atoms with Gasteiger partial charge in [0.05, 0.1) is 0 Å². The van der Waals surface area contributed by atoms with Crippen LogP contribution in [0.5, 0.6) is 0 Å². The Balaban J connectivity index is 2.54. The summed E-state index contributed by atoms with van der Waals surface area (Å²) in [6.45, 7) is -3.28. The Morgan fingerprint density at radius 1 is 1.40 bits per heavy atom. The molecule has 0 atom stereocenters. The molecule has 32 valence electrons. The van der Waals surface area contributed by atoms with Crippen molar-refractivity contribution in [3.8, 4) is 0 Å². The molecule has 0 aliphatic heterocycles. The average molecular weight is 86.0 g/mol. The highest BCUT2D eigenvalue weighted by Crippen LogP contribution is 1.91. The van der Waals surface area contributed by atoms with Crippen molar-refractivity contribution >= 4 is 0 Å². The van der Waals surface area contributed by atoms with E-state index in [-0.39, 0.29) is 0 Å². The van der Waals surface area contributed by atoms with E-state index in [1.165, 1.54) is 0 Å². The summed E-state index contributed by atoms with van der Waals surface area (Å²) in [6, 6.07) is 0. The summed E-state index contributed by atoms with van der Waals surface area (Å²) >= 11 is 0. The molecule has 0 aromatic heterocycles. The second-order valence-electron chi connectivity index (χ2n) is 0.350. The van der Waals surface area contributed by atoms with Crippen LogP contribution in [0.2, 0.25) is 0 Å². The van der Waals surface area contributed by atoms with Crippen LogP contribution in [0, 0.1) is 0 Å². The van der Waals surface area contributed by atoms with Gasteiger partial charge < -0.3 is 0 Å². The van der Waals surface area contributed by atoms with Crippen molar-refractivity contribution in [2.75, 3.05) is 0 Å². The van der Waals surface area contributed by atoms with E-state index >= 15 is 0 Å². The minimum Gasteiger partial charge on any atom is -0.176 e. The van der Waals surface area contributed by atoms with E-state index in [2.05, 4.69) is 0 Å². The Kier molecular flexibility index (Phi) is 1.92. The van der Waals surface area contributed by atoms with Crippen LogP contribution in [-0.2, 0) is 4.94 Å². The lowest BCUT2D eigenvalue weighted by Crippen LogP contribution is -1.84. The molecule has 0 aromatic rings. The Hall–Kier alpha value is -0.250. The predicted octanol–water partition coefficient (Wildman–Crippen LogP) is 1.11. The summed E-state index contributed by atoms with van der Waals surface area (Å²) in [6.07, 6.45) is 0. The first kappa shape index (κ1) is 4.75. The fourth-order valence-electron chi connectivity index (χ4n) is 0. The standard InChI is InChI=1S/CHF3O/c2-1(3)5-4/h1H. The highest BCUT2D eigenvalue weighted by molar-refractivity contribution is 3.87. The van der Waals surface area contributed by atoms with E-state index in [0.717, 1.165) is 0 Å². The maximum atomic E-state index is 10.2. The molecule has 0 bridgehead atoms. The van der Waals surface area contributed by atoms with Gasteiger partial charge in [-0.2, -0.15) is 8.78 Å². The minimum atomic E-state index is -3.28. The van der Waals surface area contributed by atoms with Crippen molar-refractivity contribution < 1.29 is 18.2 Å². The second kappa shape index (κ2) is 2.02. The fraction of sp³-hybridized carbons (Fsp3) is 1.00. The molecule has 0 aliphatic rings. The molecule has 0 amide bonds. The molecule has 5 heavy (non-hydrogen) atoms. The molecule has 0 rings (SSSR count). The van der Waals surface area contributed by atoms with Gasteiger partial charge in [0.25, 0.3) is 0 Å². The second-order valence-corrected chi connectivity index (χ2v) is 0.350. The third kappa shape index (κ3) is 3.75. The SMILES string of the molecule is FOC(F)F. The molecule has 0 saturated carbocycles. The predicted molar refractivity (Wildman–Crippen MR) is 8.20 cm³/mol. The summed E-state index contributed by atoms with van der Waals surface area (Å²) in [5.74, 6) is 0. The molecule has 0 radical (unpaired) electrons. The van der Waals surface area contributed by atoms with Gasteiger partial charge in [-0.15, -0.1) is 4.94 Å². The maximum Gasteiger partial charge on any atom is 0.376 e. The van der Waals surface area contributed by atoms with Gasteiger partial charge >= 0.3 is 6.61 Å². The molecule has 0 spiro atoms. The lowest BCUT2D eigenvalue weighted by atomic mass is 11.5. The third-order valence-electron chi connectivity index (χ3n) is 0.0673. The topological polar surface area (TPSA) is 9.23 Å². The summed E-state index contributed by atoms with van der Waals surface area (Å²) in [4.78, 5) is 1.92. The van der Waals surface area contributed by atoms with E-state index in [1.807, 2.05) is 4.94 Å². The van der Waals surface area contributed by atoms with Crippen LogP contribution in [0.4, 0.5) is 13.3 Å². The first-order chi connectivity index (χ1) is 2.27. The Bertz CT molecular complexity index is 20.9. The van der Waals surface area contributed by atoms with Gasteiger partial charge in [0.15, 0.2) is 0 Å². The van der Waals surface area contributed by atoms with Crippen LogP contribution < -0.4 is 0 Å². The lowest BCUT2D eigenvalue weighted by molar-refractivity contribution is -0.276. The fourth-order valence-corrected chi connectivity index (χ4v) is 0. The molecule has 0 saturated heterocycles. The van der Waals surface area contributed by atoms with Crippen molar-refractivity contribution in [3.05, 3.63) is 0 Å². The molecular formula is CHF3O. The number of halogens is 3. The van der Waals surface area contributed by atoms with Crippen molar-refractivity contribution in [1.82, 2.24) is 0 Å². The molecule has 0 N–H and O–H groups in total. The molecule has 0 unspecified atom stereocenters. The maximum absolute atomic E-state index is 10.2. The zero-order chi connectivity index (χ0) is 4.28. The number of hydrogen-bond donors (Lipinski definition) is 0.